The molecule has 5 heteroatoms. The molecule has 0 saturated carbocycles. The highest BCUT2D eigenvalue weighted by Gasteiger charge is 2.04. The van der Waals surface area contributed by atoms with Crippen LogP contribution in [0.3, 0.4) is 0 Å². The van der Waals surface area contributed by atoms with Crippen molar-refractivity contribution >= 4 is 27.3 Å². The van der Waals surface area contributed by atoms with Crippen LogP contribution in [0.1, 0.15) is 0 Å². The lowest BCUT2D eigenvalue weighted by Crippen LogP contribution is -2.11. The number of fused-ring (bicyclic) bond motifs is 2. The van der Waals surface area contributed by atoms with Gasteiger partial charge in [-0.15, -0.1) is 11.3 Å². The largest absolute Gasteiger partial charge is 0.316 e. The standard InChI is InChI=1S/C8H5N3OS/c12-7-5-1-4-13-6(5)10-8-9-2-3-11(7)8/h1-4H,(H,9,10). The Kier molecular flexibility index (Phi) is 1.16. The van der Waals surface area contributed by atoms with Gasteiger partial charge in [-0.3, -0.25) is 9.20 Å². The first-order valence-electron chi connectivity index (χ1n) is 3.79. The van der Waals surface area contributed by atoms with Crippen LogP contribution in [0.25, 0.3) is 16.0 Å². The van der Waals surface area contributed by atoms with Crippen LogP contribution in [-0.4, -0.2) is 14.4 Å². The first kappa shape index (κ1) is 6.85. The van der Waals surface area contributed by atoms with Gasteiger partial charge in [-0.25, -0.2) is 4.98 Å². The number of aromatic nitrogens is 3. The molecule has 0 radical (unpaired) electrons. The van der Waals surface area contributed by atoms with Crippen LogP contribution in [0.4, 0.5) is 0 Å². The van der Waals surface area contributed by atoms with E-state index in [0.29, 0.717) is 5.78 Å². The zero-order valence-corrected chi connectivity index (χ0v) is 7.34. The number of nitrogens with one attached hydrogen (secondary N) is 1. The topological polar surface area (TPSA) is 50.2 Å². The number of H-pyrrole nitrogens is 1. The molecule has 0 bridgehead atoms. The summed E-state index contributed by atoms with van der Waals surface area (Å²) in [4.78, 5) is 19.7. The third-order valence-electron chi connectivity index (χ3n) is 1.98. The van der Waals surface area contributed by atoms with Crippen LogP contribution < -0.4 is 5.56 Å². The maximum Gasteiger partial charge on any atom is 0.267 e. The second-order valence-corrected chi connectivity index (χ2v) is 3.63. The number of rotatable bonds is 0. The highest BCUT2D eigenvalue weighted by Crippen LogP contribution is 2.14. The minimum absolute atomic E-state index is 0.0116. The van der Waals surface area contributed by atoms with E-state index in [2.05, 4.69) is 9.97 Å². The molecule has 0 aliphatic heterocycles. The van der Waals surface area contributed by atoms with Crippen molar-refractivity contribution in [2.45, 2.75) is 0 Å². The van der Waals surface area contributed by atoms with E-state index in [1.807, 2.05) is 11.4 Å². The summed E-state index contributed by atoms with van der Waals surface area (Å²) in [6.45, 7) is 0. The van der Waals surface area contributed by atoms with E-state index in [1.54, 1.807) is 12.4 Å². The Morgan fingerprint density at radius 3 is 3.38 bits per heavy atom. The molecule has 3 heterocycles. The Bertz CT molecular complexity index is 581. The van der Waals surface area contributed by atoms with Gasteiger partial charge in [0, 0.05) is 12.4 Å². The monoisotopic (exact) mass is 191 g/mol. The van der Waals surface area contributed by atoms with Gasteiger partial charge < -0.3 is 4.98 Å². The minimum atomic E-state index is -0.0116. The fourth-order valence-corrected chi connectivity index (χ4v) is 2.14. The molecule has 0 amide bonds. The third-order valence-corrected chi connectivity index (χ3v) is 2.81. The van der Waals surface area contributed by atoms with Crippen molar-refractivity contribution in [2.24, 2.45) is 0 Å². The van der Waals surface area contributed by atoms with Gasteiger partial charge in [-0.05, 0) is 11.4 Å². The SMILES string of the molecule is O=c1c2ccsc2[nH]c2nccn12. The molecule has 0 fully saturated rings. The molecule has 64 valence electrons. The fraction of sp³-hybridized carbons (Fsp3) is 0. The Balaban J connectivity index is 2.76. The van der Waals surface area contributed by atoms with Gasteiger partial charge in [0.15, 0.2) is 0 Å². The van der Waals surface area contributed by atoms with Gasteiger partial charge in [0.05, 0.1) is 5.39 Å². The van der Waals surface area contributed by atoms with Crippen molar-refractivity contribution in [1.82, 2.24) is 14.4 Å². The highest BCUT2D eigenvalue weighted by atomic mass is 32.1. The lowest BCUT2D eigenvalue weighted by atomic mass is 10.4. The molecule has 0 aromatic carbocycles. The van der Waals surface area contributed by atoms with Gasteiger partial charge in [-0.1, -0.05) is 0 Å². The van der Waals surface area contributed by atoms with E-state index in [0.717, 1.165) is 10.2 Å². The van der Waals surface area contributed by atoms with Crippen molar-refractivity contribution in [3.8, 4) is 0 Å². The molecule has 0 atom stereocenters. The minimum Gasteiger partial charge on any atom is -0.316 e. The quantitative estimate of drug-likeness (QED) is 0.581. The molecule has 0 aliphatic carbocycles. The Labute approximate surface area is 76.5 Å². The van der Waals surface area contributed by atoms with Crippen LogP contribution in [0, 0.1) is 0 Å². The van der Waals surface area contributed by atoms with E-state index >= 15 is 0 Å². The predicted octanol–water partition coefficient (Wildman–Crippen LogP) is 1.24. The zero-order chi connectivity index (χ0) is 8.84. The van der Waals surface area contributed by atoms with E-state index in [1.165, 1.54) is 15.7 Å². The summed E-state index contributed by atoms with van der Waals surface area (Å²) in [6, 6.07) is 1.82. The summed E-state index contributed by atoms with van der Waals surface area (Å²) in [5.74, 6) is 0.597. The number of aromatic amines is 1. The molecular formula is C8H5N3OS. The summed E-state index contributed by atoms with van der Waals surface area (Å²) in [7, 11) is 0. The van der Waals surface area contributed by atoms with Crippen LogP contribution in [0.5, 0.6) is 0 Å². The Morgan fingerprint density at radius 1 is 1.54 bits per heavy atom. The summed E-state index contributed by atoms with van der Waals surface area (Å²) in [6.07, 6.45) is 3.27. The van der Waals surface area contributed by atoms with Gasteiger partial charge >= 0.3 is 0 Å². The second-order valence-electron chi connectivity index (χ2n) is 2.71. The smallest absolute Gasteiger partial charge is 0.267 e. The molecule has 4 nitrogen and oxygen atoms in total. The molecule has 13 heavy (non-hydrogen) atoms. The first-order chi connectivity index (χ1) is 6.36. The maximum atomic E-state index is 11.7. The molecule has 0 spiro atoms. The summed E-state index contributed by atoms with van der Waals surface area (Å²) >= 11 is 1.51. The van der Waals surface area contributed by atoms with Crippen molar-refractivity contribution < 1.29 is 0 Å². The number of hydrogen-bond acceptors (Lipinski definition) is 3. The zero-order valence-electron chi connectivity index (χ0n) is 6.52. The maximum absolute atomic E-state index is 11.7. The number of hydrogen-bond donors (Lipinski definition) is 1. The molecule has 3 aromatic rings. The second kappa shape index (κ2) is 2.20. The molecule has 0 unspecified atom stereocenters. The van der Waals surface area contributed by atoms with E-state index in [4.69, 9.17) is 0 Å². The molecule has 0 saturated heterocycles. The van der Waals surface area contributed by atoms with Crippen molar-refractivity contribution in [3.05, 3.63) is 34.2 Å². The normalized spacial score (nSPS) is 11.4. The number of thiophene rings is 1. The van der Waals surface area contributed by atoms with Crippen molar-refractivity contribution in [3.63, 3.8) is 0 Å². The van der Waals surface area contributed by atoms with Gasteiger partial charge in [0.25, 0.3) is 5.56 Å². The van der Waals surface area contributed by atoms with Gasteiger partial charge in [-0.2, -0.15) is 0 Å². The van der Waals surface area contributed by atoms with E-state index in [9.17, 15) is 4.79 Å². The summed E-state index contributed by atoms with van der Waals surface area (Å²) in [5.41, 5.74) is -0.0116. The van der Waals surface area contributed by atoms with Crippen LogP contribution in [0.2, 0.25) is 0 Å². The molecule has 3 rings (SSSR count). The lowest BCUT2D eigenvalue weighted by Gasteiger charge is -1.92. The lowest BCUT2D eigenvalue weighted by molar-refractivity contribution is 1.10. The summed E-state index contributed by atoms with van der Waals surface area (Å²) < 4.78 is 1.51. The fourth-order valence-electron chi connectivity index (χ4n) is 1.37. The molecule has 0 aliphatic rings. The predicted molar refractivity (Wildman–Crippen MR) is 51.2 cm³/mol. The van der Waals surface area contributed by atoms with Crippen LogP contribution in [0.15, 0.2) is 28.6 Å². The molecule has 3 aromatic heterocycles. The van der Waals surface area contributed by atoms with Crippen LogP contribution >= 0.6 is 11.3 Å². The summed E-state index contributed by atoms with van der Waals surface area (Å²) in [5, 5.41) is 2.61. The van der Waals surface area contributed by atoms with Gasteiger partial charge in [0.1, 0.15) is 4.83 Å². The Morgan fingerprint density at radius 2 is 2.46 bits per heavy atom. The molecular weight excluding hydrogens is 186 g/mol. The van der Waals surface area contributed by atoms with E-state index < -0.39 is 0 Å². The average Bonchev–Trinajstić information content (AvgIpc) is 2.71. The van der Waals surface area contributed by atoms with Crippen molar-refractivity contribution in [2.75, 3.05) is 0 Å². The average molecular weight is 191 g/mol. The third kappa shape index (κ3) is 0.790. The van der Waals surface area contributed by atoms with E-state index in [-0.39, 0.29) is 5.56 Å². The Hall–Kier alpha value is -1.62. The first-order valence-corrected chi connectivity index (χ1v) is 4.67. The van der Waals surface area contributed by atoms with Crippen molar-refractivity contribution in [1.29, 1.82) is 0 Å². The number of nitrogens with zero attached hydrogens (tertiary/aromatic N) is 2. The molecule has 1 N–H and O–H groups in total. The highest BCUT2D eigenvalue weighted by molar-refractivity contribution is 7.16. The van der Waals surface area contributed by atoms with Gasteiger partial charge in [0.2, 0.25) is 5.78 Å². The number of imidazole rings is 1. The van der Waals surface area contributed by atoms with Crippen LogP contribution in [-0.2, 0) is 0 Å².